The number of aryl methyl sites for hydroxylation is 2. The Hall–Kier alpha value is -1.82. The second-order valence-electron chi connectivity index (χ2n) is 5.73. The molecular weight excluding hydrogens is 298 g/mol. The van der Waals surface area contributed by atoms with Gasteiger partial charge in [0, 0.05) is 25.2 Å². The van der Waals surface area contributed by atoms with Gasteiger partial charge in [0.2, 0.25) is 0 Å². The van der Waals surface area contributed by atoms with Crippen molar-refractivity contribution in [1.29, 1.82) is 0 Å². The highest BCUT2D eigenvalue weighted by Gasteiger charge is 2.22. The third-order valence-electron chi connectivity index (χ3n) is 4.07. The highest BCUT2D eigenvalue weighted by molar-refractivity contribution is 7.91. The van der Waals surface area contributed by atoms with Crippen molar-refractivity contribution < 1.29 is 8.42 Å². The van der Waals surface area contributed by atoms with Crippen LogP contribution in [-0.2, 0) is 22.8 Å². The van der Waals surface area contributed by atoms with Gasteiger partial charge in [-0.1, -0.05) is 19.1 Å². The van der Waals surface area contributed by atoms with Gasteiger partial charge >= 0.3 is 0 Å². The van der Waals surface area contributed by atoms with Crippen LogP contribution >= 0.6 is 0 Å². The van der Waals surface area contributed by atoms with E-state index in [1.807, 2.05) is 19.1 Å². The molecule has 1 aliphatic rings. The van der Waals surface area contributed by atoms with Crippen LogP contribution in [0.5, 0.6) is 0 Å². The summed E-state index contributed by atoms with van der Waals surface area (Å²) in [5.74, 6) is 1.23. The van der Waals surface area contributed by atoms with Gasteiger partial charge in [-0.2, -0.15) is 0 Å². The predicted molar refractivity (Wildman–Crippen MR) is 86.9 cm³/mol. The Morgan fingerprint density at radius 3 is 2.91 bits per heavy atom. The molecular formula is C16H21N3O2S. The van der Waals surface area contributed by atoms with Gasteiger partial charge in [-0.15, -0.1) is 0 Å². The van der Waals surface area contributed by atoms with Crippen molar-refractivity contribution in [3.05, 3.63) is 42.0 Å². The average molecular weight is 319 g/mol. The Labute approximate surface area is 131 Å². The van der Waals surface area contributed by atoms with E-state index in [-0.39, 0.29) is 11.8 Å². The molecule has 0 saturated carbocycles. The molecule has 22 heavy (non-hydrogen) atoms. The second-order valence-corrected chi connectivity index (χ2v) is 7.98. The molecule has 1 atom stereocenters. The van der Waals surface area contributed by atoms with Crippen molar-refractivity contribution in [2.75, 3.05) is 11.1 Å². The summed E-state index contributed by atoms with van der Waals surface area (Å²) in [5.41, 5.74) is 1.74. The number of nitrogens with zero attached hydrogens (tertiary/aromatic N) is 2. The van der Waals surface area contributed by atoms with E-state index < -0.39 is 9.84 Å². The zero-order valence-corrected chi connectivity index (χ0v) is 13.7. The zero-order chi connectivity index (χ0) is 15.7. The van der Waals surface area contributed by atoms with E-state index in [2.05, 4.69) is 21.1 Å². The molecule has 118 valence electrons. The van der Waals surface area contributed by atoms with Crippen LogP contribution in [0.25, 0.3) is 0 Å². The van der Waals surface area contributed by atoms with Gasteiger partial charge in [0.15, 0.2) is 9.84 Å². The maximum Gasteiger partial charge on any atom is 0.180 e. The molecule has 0 amide bonds. The molecule has 3 rings (SSSR count). The first kappa shape index (κ1) is 15.1. The largest absolute Gasteiger partial charge is 0.379 e. The van der Waals surface area contributed by atoms with Crippen molar-refractivity contribution in [3.8, 4) is 0 Å². The molecule has 1 N–H and O–H groups in total. The van der Waals surface area contributed by atoms with Gasteiger partial charge in [0.25, 0.3) is 0 Å². The van der Waals surface area contributed by atoms with Gasteiger partial charge in [-0.3, -0.25) is 0 Å². The van der Waals surface area contributed by atoms with Crippen LogP contribution in [0, 0.1) is 6.92 Å². The second kappa shape index (κ2) is 5.76. The molecule has 0 fully saturated rings. The first-order valence-electron chi connectivity index (χ1n) is 7.60. The number of anilines is 1. The molecule has 1 aliphatic heterocycles. The lowest BCUT2D eigenvalue weighted by molar-refractivity contribution is 0.476. The lowest BCUT2D eigenvalue weighted by atomic mass is 10.1. The van der Waals surface area contributed by atoms with Crippen molar-refractivity contribution in [2.45, 2.75) is 44.2 Å². The third kappa shape index (κ3) is 2.88. The Morgan fingerprint density at radius 2 is 2.14 bits per heavy atom. The normalized spacial score (nSPS) is 18.0. The number of nitrogens with one attached hydrogen (secondary N) is 1. The number of rotatable bonds is 4. The third-order valence-corrected chi connectivity index (χ3v) is 5.86. The predicted octanol–water partition coefficient (Wildman–Crippen LogP) is 2.41. The van der Waals surface area contributed by atoms with E-state index in [4.69, 9.17) is 0 Å². The summed E-state index contributed by atoms with van der Waals surface area (Å²) in [4.78, 5) is 4.90. The van der Waals surface area contributed by atoms with Crippen molar-refractivity contribution in [3.63, 3.8) is 0 Å². The monoisotopic (exact) mass is 319 g/mol. The molecule has 1 aromatic carbocycles. The number of imidazole rings is 1. The molecule has 5 nitrogen and oxygen atoms in total. The highest BCUT2D eigenvalue weighted by atomic mass is 32.2. The van der Waals surface area contributed by atoms with Crippen molar-refractivity contribution in [2.24, 2.45) is 0 Å². The number of sulfone groups is 1. The standard InChI is InChI=1S/C16H21N3O2S/c1-3-22(20,21)15-7-5-4-6-14(15)18-13-8-9-16-17-12(2)10-19(16)11-13/h4-7,10,13,18H,3,8-9,11H2,1-2H3/t13-/m0/s1. The lowest BCUT2D eigenvalue weighted by Gasteiger charge is -2.26. The van der Waals surface area contributed by atoms with E-state index in [1.54, 1.807) is 19.1 Å². The Kier molecular flexibility index (Phi) is 3.95. The molecule has 0 unspecified atom stereocenters. The topological polar surface area (TPSA) is 64.0 Å². The van der Waals surface area contributed by atoms with Crippen LogP contribution in [0.4, 0.5) is 5.69 Å². The Bertz CT molecular complexity index is 780. The van der Waals surface area contributed by atoms with Gasteiger partial charge in [0.05, 0.1) is 22.0 Å². The smallest absolute Gasteiger partial charge is 0.180 e. The Morgan fingerprint density at radius 1 is 1.36 bits per heavy atom. The summed E-state index contributed by atoms with van der Waals surface area (Å²) in [6.07, 6.45) is 3.92. The fourth-order valence-corrected chi connectivity index (χ4v) is 4.00. The zero-order valence-electron chi connectivity index (χ0n) is 12.9. The van der Waals surface area contributed by atoms with E-state index >= 15 is 0 Å². The van der Waals surface area contributed by atoms with Gasteiger partial charge in [-0.25, -0.2) is 13.4 Å². The lowest BCUT2D eigenvalue weighted by Crippen LogP contribution is -2.31. The molecule has 2 heterocycles. The van der Waals surface area contributed by atoms with Crippen LogP contribution in [-0.4, -0.2) is 29.8 Å². The van der Waals surface area contributed by atoms with Crippen LogP contribution in [0.3, 0.4) is 0 Å². The molecule has 0 radical (unpaired) electrons. The number of benzene rings is 1. The molecule has 2 aromatic rings. The van der Waals surface area contributed by atoms with Gasteiger partial charge in [0.1, 0.15) is 5.82 Å². The van der Waals surface area contributed by atoms with Crippen LogP contribution < -0.4 is 5.32 Å². The first-order chi connectivity index (χ1) is 10.5. The van der Waals surface area contributed by atoms with Crippen LogP contribution in [0.15, 0.2) is 35.4 Å². The maximum atomic E-state index is 12.2. The van der Waals surface area contributed by atoms with E-state index in [1.165, 1.54) is 0 Å². The van der Waals surface area contributed by atoms with Crippen LogP contribution in [0.2, 0.25) is 0 Å². The van der Waals surface area contributed by atoms with Crippen LogP contribution in [0.1, 0.15) is 24.9 Å². The SMILES string of the molecule is CCS(=O)(=O)c1ccccc1N[C@H]1CCc2nc(C)cn2C1. The summed E-state index contributed by atoms with van der Waals surface area (Å²) in [6, 6.07) is 7.38. The van der Waals surface area contributed by atoms with Crippen molar-refractivity contribution >= 4 is 15.5 Å². The average Bonchev–Trinajstić information content (AvgIpc) is 2.87. The summed E-state index contributed by atoms with van der Waals surface area (Å²) in [5, 5.41) is 3.41. The Balaban J connectivity index is 1.83. The van der Waals surface area contributed by atoms with E-state index in [0.717, 1.165) is 30.9 Å². The first-order valence-corrected chi connectivity index (χ1v) is 9.26. The summed E-state index contributed by atoms with van der Waals surface area (Å²) in [6.45, 7) is 4.49. The fraction of sp³-hybridized carbons (Fsp3) is 0.438. The molecule has 0 spiro atoms. The fourth-order valence-electron chi connectivity index (χ4n) is 2.94. The number of aromatic nitrogens is 2. The minimum absolute atomic E-state index is 0.112. The van der Waals surface area contributed by atoms with E-state index in [9.17, 15) is 8.42 Å². The number of hydrogen-bond donors (Lipinski definition) is 1. The van der Waals surface area contributed by atoms with E-state index in [0.29, 0.717) is 10.6 Å². The summed E-state index contributed by atoms with van der Waals surface area (Å²) >= 11 is 0. The quantitative estimate of drug-likeness (QED) is 0.940. The number of fused-ring (bicyclic) bond motifs is 1. The number of para-hydroxylation sites is 1. The minimum atomic E-state index is -3.22. The molecule has 0 saturated heterocycles. The number of hydrogen-bond acceptors (Lipinski definition) is 4. The van der Waals surface area contributed by atoms with Gasteiger partial charge < -0.3 is 9.88 Å². The van der Waals surface area contributed by atoms with Gasteiger partial charge in [-0.05, 0) is 25.5 Å². The molecule has 1 aromatic heterocycles. The summed E-state index contributed by atoms with van der Waals surface area (Å²) in [7, 11) is -3.22. The summed E-state index contributed by atoms with van der Waals surface area (Å²) < 4.78 is 26.6. The molecule has 0 aliphatic carbocycles. The molecule has 6 heteroatoms. The molecule has 0 bridgehead atoms. The minimum Gasteiger partial charge on any atom is -0.379 e. The van der Waals surface area contributed by atoms with Crippen molar-refractivity contribution in [1.82, 2.24) is 9.55 Å². The highest BCUT2D eigenvalue weighted by Crippen LogP contribution is 2.25. The maximum absolute atomic E-state index is 12.2.